The quantitative estimate of drug-likeness (QED) is 0.805. The Hall–Kier alpha value is -2.50. The highest BCUT2D eigenvalue weighted by Crippen LogP contribution is 2.10. The molecule has 1 amide bonds. The highest BCUT2D eigenvalue weighted by molar-refractivity contribution is 5.92. The van der Waals surface area contributed by atoms with Crippen molar-refractivity contribution in [1.82, 2.24) is 14.9 Å². The van der Waals surface area contributed by atoms with Gasteiger partial charge in [-0.1, -0.05) is 32.0 Å². The van der Waals surface area contributed by atoms with E-state index >= 15 is 0 Å². The molecule has 1 aromatic heterocycles. The summed E-state index contributed by atoms with van der Waals surface area (Å²) in [6, 6.07) is 6.56. The van der Waals surface area contributed by atoms with Gasteiger partial charge in [0.1, 0.15) is 17.3 Å². The van der Waals surface area contributed by atoms with Crippen LogP contribution in [0.2, 0.25) is 0 Å². The van der Waals surface area contributed by atoms with Crippen LogP contribution < -0.4 is 5.32 Å². The number of carbonyl (C=O) groups excluding carboxylic acids is 1. The third kappa shape index (κ3) is 4.75. The molecule has 0 bridgehead atoms. The molecular formula is C18H23FN4O. The minimum Gasteiger partial charge on any atom is -0.365 e. The topological polar surface area (TPSA) is 58.1 Å². The second-order valence-electron chi connectivity index (χ2n) is 5.52. The summed E-state index contributed by atoms with van der Waals surface area (Å²) in [6.07, 6.45) is 4.78. The van der Waals surface area contributed by atoms with Gasteiger partial charge < -0.3 is 10.2 Å². The van der Waals surface area contributed by atoms with Crippen LogP contribution in [0.25, 0.3) is 0 Å². The molecular weight excluding hydrogens is 307 g/mol. The Labute approximate surface area is 141 Å². The van der Waals surface area contributed by atoms with Gasteiger partial charge in [-0.3, -0.25) is 4.79 Å². The number of benzene rings is 1. The number of hydrogen-bond acceptors (Lipinski definition) is 4. The second-order valence-corrected chi connectivity index (χ2v) is 5.52. The molecule has 6 heteroatoms. The van der Waals surface area contributed by atoms with Crippen LogP contribution in [0.4, 0.5) is 10.2 Å². The van der Waals surface area contributed by atoms with Crippen LogP contribution in [0.3, 0.4) is 0 Å². The van der Waals surface area contributed by atoms with Gasteiger partial charge in [-0.2, -0.15) is 0 Å². The molecule has 0 aliphatic rings. The molecule has 1 aromatic carbocycles. The van der Waals surface area contributed by atoms with E-state index in [-0.39, 0.29) is 11.7 Å². The minimum absolute atomic E-state index is 0.105. The first-order valence-electron chi connectivity index (χ1n) is 8.24. The lowest BCUT2D eigenvalue weighted by Crippen LogP contribution is -2.33. The van der Waals surface area contributed by atoms with Crippen molar-refractivity contribution in [2.75, 3.05) is 18.4 Å². The van der Waals surface area contributed by atoms with E-state index in [9.17, 15) is 9.18 Å². The fourth-order valence-corrected chi connectivity index (χ4v) is 2.37. The van der Waals surface area contributed by atoms with Crippen molar-refractivity contribution < 1.29 is 9.18 Å². The average molecular weight is 330 g/mol. The SMILES string of the molecule is CCCN(CCC)C(=O)c1cnc(NCc2ccccc2F)cn1. The lowest BCUT2D eigenvalue weighted by Gasteiger charge is -2.20. The number of anilines is 1. The zero-order valence-corrected chi connectivity index (χ0v) is 14.1. The molecule has 1 heterocycles. The van der Waals surface area contributed by atoms with Crippen molar-refractivity contribution >= 4 is 11.7 Å². The largest absolute Gasteiger partial charge is 0.365 e. The summed E-state index contributed by atoms with van der Waals surface area (Å²) in [6.45, 7) is 5.81. The fraction of sp³-hybridized carbons (Fsp3) is 0.389. The molecule has 0 unspecified atom stereocenters. The molecule has 0 radical (unpaired) electrons. The van der Waals surface area contributed by atoms with Gasteiger partial charge in [0.2, 0.25) is 0 Å². The van der Waals surface area contributed by atoms with Crippen molar-refractivity contribution in [3.8, 4) is 0 Å². The van der Waals surface area contributed by atoms with E-state index in [1.165, 1.54) is 18.5 Å². The molecule has 2 rings (SSSR count). The Morgan fingerprint density at radius 1 is 1.12 bits per heavy atom. The predicted octanol–water partition coefficient (Wildman–Crippen LogP) is 3.49. The smallest absolute Gasteiger partial charge is 0.274 e. The monoisotopic (exact) mass is 330 g/mol. The molecule has 2 aromatic rings. The van der Waals surface area contributed by atoms with Crippen molar-refractivity contribution in [2.45, 2.75) is 33.2 Å². The van der Waals surface area contributed by atoms with Crippen molar-refractivity contribution in [1.29, 1.82) is 0 Å². The number of halogens is 1. The van der Waals surface area contributed by atoms with Gasteiger partial charge in [0.25, 0.3) is 5.91 Å². The van der Waals surface area contributed by atoms with Gasteiger partial charge in [-0.15, -0.1) is 0 Å². The third-order valence-electron chi connectivity index (χ3n) is 3.56. The first-order chi connectivity index (χ1) is 11.7. The van der Waals surface area contributed by atoms with E-state index in [1.807, 2.05) is 13.8 Å². The number of nitrogens with zero attached hydrogens (tertiary/aromatic N) is 3. The number of carbonyl (C=O) groups is 1. The summed E-state index contributed by atoms with van der Waals surface area (Å²) in [5.41, 5.74) is 0.880. The first kappa shape index (κ1) is 17.8. The molecule has 0 saturated carbocycles. The van der Waals surface area contributed by atoms with Crippen LogP contribution in [0, 0.1) is 5.82 Å². The van der Waals surface area contributed by atoms with E-state index in [1.54, 1.807) is 23.1 Å². The Morgan fingerprint density at radius 3 is 2.42 bits per heavy atom. The zero-order chi connectivity index (χ0) is 17.4. The van der Waals surface area contributed by atoms with Crippen LogP contribution in [-0.2, 0) is 6.54 Å². The summed E-state index contributed by atoms with van der Waals surface area (Å²) < 4.78 is 13.6. The summed E-state index contributed by atoms with van der Waals surface area (Å²) in [4.78, 5) is 22.6. The van der Waals surface area contributed by atoms with Gasteiger partial charge in [0, 0.05) is 25.2 Å². The highest BCUT2D eigenvalue weighted by atomic mass is 19.1. The molecule has 0 atom stereocenters. The zero-order valence-electron chi connectivity index (χ0n) is 14.1. The lowest BCUT2D eigenvalue weighted by atomic mass is 10.2. The highest BCUT2D eigenvalue weighted by Gasteiger charge is 2.15. The maximum absolute atomic E-state index is 13.6. The maximum Gasteiger partial charge on any atom is 0.274 e. The van der Waals surface area contributed by atoms with Crippen molar-refractivity contribution in [3.63, 3.8) is 0 Å². The fourth-order valence-electron chi connectivity index (χ4n) is 2.37. The predicted molar refractivity (Wildman–Crippen MR) is 92.2 cm³/mol. The molecule has 0 aliphatic carbocycles. The molecule has 1 N–H and O–H groups in total. The molecule has 0 fully saturated rings. The molecule has 24 heavy (non-hydrogen) atoms. The second kappa shape index (κ2) is 8.96. The number of amides is 1. The van der Waals surface area contributed by atoms with Gasteiger partial charge in [-0.25, -0.2) is 14.4 Å². The molecule has 128 valence electrons. The van der Waals surface area contributed by atoms with E-state index in [0.717, 1.165) is 12.8 Å². The molecule has 0 saturated heterocycles. The van der Waals surface area contributed by atoms with Gasteiger partial charge in [-0.05, 0) is 18.9 Å². The van der Waals surface area contributed by atoms with Crippen LogP contribution in [0.15, 0.2) is 36.7 Å². The Bertz CT molecular complexity index is 654. The standard InChI is InChI=1S/C18H23FN4O/c1-3-9-23(10-4-2)18(24)16-12-22-17(13-20-16)21-11-14-7-5-6-8-15(14)19/h5-8,12-13H,3-4,9-11H2,1-2H3,(H,21,22). The van der Waals surface area contributed by atoms with E-state index in [4.69, 9.17) is 0 Å². The summed E-state index contributed by atoms with van der Waals surface area (Å²) in [5, 5.41) is 3.01. The van der Waals surface area contributed by atoms with Crippen LogP contribution in [0.5, 0.6) is 0 Å². The number of nitrogens with one attached hydrogen (secondary N) is 1. The number of aromatic nitrogens is 2. The minimum atomic E-state index is -0.264. The van der Waals surface area contributed by atoms with Crippen molar-refractivity contribution in [2.24, 2.45) is 0 Å². The van der Waals surface area contributed by atoms with E-state index < -0.39 is 0 Å². The third-order valence-corrected chi connectivity index (χ3v) is 3.56. The Morgan fingerprint density at radius 2 is 1.83 bits per heavy atom. The van der Waals surface area contributed by atoms with Crippen molar-refractivity contribution in [3.05, 3.63) is 53.7 Å². The van der Waals surface area contributed by atoms with E-state index in [2.05, 4.69) is 15.3 Å². The summed E-state index contributed by atoms with van der Waals surface area (Å²) in [5.74, 6) is 0.138. The molecule has 5 nitrogen and oxygen atoms in total. The van der Waals surface area contributed by atoms with Gasteiger partial charge in [0.05, 0.1) is 12.4 Å². The molecule has 0 aliphatic heterocycles. The Kier molecular flexibility index (Phi) is 6.66. The first-order valence-corrected chi connectivity index (χ1v) is 8.24. The summed E-state index contributed by atoms with van der Waals surface area (Å²) >= 11 is 0. The summed E-state index contributed by atoms with van der Waals surface area (Å²) in [7, 11) is 0. The number of hydrogen-bond donors (Lipinski definition) is 1. The number of rotatable bonds is 8. The van der Waals surface area contributed by atoms with Crippen LogP contribution in [0.1, 0.15) is 42.7 Å². The Balaban J connectivity index is 1.99. The van der Waals surface area contributed by atoms with E-state index in [0.29, 0.717) is 36.7 Å². The normalized spacial score (nSPS) is 10.5. The van der Waals surface area contributed by atoms with Crippen LogP contribution >= 0.6 is 0 Å². The molecule has 0 spiro atoms. The van der Waals surface area contributed by atoms with Gasteiger partial charge in [0.15, 0.2) is 0 Å². The van der Waals surface area contributed by atoms with Gasteiger partial charge >= 0.3 is 0 Å². The average Bonchev–Trinajstić information content (AvgIpc) is 2.61. The lowest BCUT2D eigenvalue weighted by molar-refractivity contribution is 0.0749. The maximum atomic E-state index is 13.6. The van der Waals surface area contributed by atoms with Crippen LogP contribution in [-0.4, -0.2) is 33.9 Å².